The first-order valence-corrected chi connectivity index (χ1v) is 6.30. The van der Waals surface area contributed by atoms with Crippen LogP contribution >= 0.6 is 0 Å². The van der Waals surface area contributed by atoms with Gasteiger partial charge in [0.1, 0.15) is 5.78 Å². The second-order valence-electron chi connectivity index (χ2n) is 5.19. The van der Waals surface area contributed by atoms with Crippen molar-refractivity contribution in [1.29, 1.82) is 0 Å². The van der Waals surface area contributed by atoms with E-state index >= 15 is 0 Å². The fourth-order valence-electron chi connectivity index (χ4n) is 2.87. The molecule has 1 aromatic carbocycles. The summed E-state index contributed by atoms with van der Waals surface area (Å²) in [6.07, 6.45) is 1.23. The van der Waals surface area contributed by atoms with Crippen LogP contribution in [0.4, 0.5) is 0 Å². The minimum absolute atomic E-state index is 0.163. The molecule has 1 aromatic rings. The molecule has 1 aliphatic carbocycles. The Bertz CT molecular complexity index is 491. The molecular weight excluding hydrogens is 228 g/mol. The average Bonchev–Trinajstić information content (AvgIpc) is 2.28. The molecule has 1 fully saturated rings. The van der Waals surface area contributed by atoms with Gasteiger partial charge in [0.05, 0.1) is 5.92 Å². The monoisotopic (exact) mass is 246 g/mol. The van der Waals surface area contributed by atoms with Crippen LogP contribution in [-0.2, 0) is 9.59 Å². The fraction of sp³-hybridized carbons (Fsp3) is 0.467. The molecule has 0 saturated heterocycles. The maximum atomic E-state index is 11.6. The van der Waals surface area contributed by atoms with E-state index in [2.05, 4.69) is 0 Å². The first-order chi connectivity index (χ1) is 8.49. The first kappa shape index (κ1) is 12.8. The highest BCUT2D eigenvalue weighted by Gasteiger charge is 2.35. The van der Waals surface area contributed by atoms with Gasteiger partial charge in [0.15, 0.2) is 0 Å². The molecule has 2 atom stereocenters. The number of hydrogen-bond acceptors (Lipinski definition) is 2. The van der Waals surface area contributed by atoms with Crippen LogP contribution in [0.1, 0.15) is 41.9 Å². The molecule has 3 nitrogen and oxygen atoms in total. The molecule has 1 aliphatic rings. The molecule has 2 rings (SSSR count). The molecule has 3 heteroatoms. The van der Waals surface area contributed by atoms with E-state index < -0.39 is 11.9 Å². The van der Waals surface area contributed by atoms with Crippen LogP contribution in [0, 0.1) is 19.8 Å². The SMILES string of the molecule is Cc1ccc(C2CC(=O)CCC2C(=O)O)c(C)c1. The maximum absolute atomic E-state index is 11.6. The Kier molecular flexibility index (Phi) is 3.50. The van der Waals surface area contributed by atoms with Gasteiger partial charge in [-0.05, 0) is 31.4 Å². The highest BCUT2D eigenvalue weighted by atomic mass is 16.4. The zero-order valence-electron chi connectivity index (χ0n) is 10.8. The maximum Gasteiger partial charge on any atom is 0.307 e. The van der Waals surface area contributed by atoms with Crippen molar-refractivity contribution in [2.75, 3.05) is 0 Å². The normalized spacial score (nSPS) is 24.0. The van der Waals surface area contributed by atoms with Gasteiger partial charge in [-0.1, -0.05) is 23.8 Å². The predicted octanol–water partition coefficient (Wildman–Crippen LogP) is 2.84. The van der Waals surface area contributed by atoms with Gasteiger partial charge < -0.3 is 5.11 Å². The standard InChI is InChI=1S/C15H18O3/c1-9-3-5-12(10(2)7-9)14-8-11(16)4-6-13(14)15(17)18/h3,5,7,13-14H,4,6,8H2,1-2H3,(H,17,18). The third-order valence-electron chi connectivity index (χ3n) is 3.81. The van der Waals surface area contributed by atoms with Gasteiger partial charge in [0, 0.05) is 18.8 Å². The number of ketones is 1. The Balaban J connectivity index is 2.38. The number of aliphatic carboxylic acids is 1. The summed E-state index contributed by atoms with van der Waals surface area (Å²) in [7, 11) is 0. The van der Waals surface area contributed by atoms with Crippen molar-refractivity contribution >= 4 is 11.8 Å². The number of aryl methyl sites for hydroxylation is 2. The molecule has 0 amide bonds. The van der Waals surface area contributed by atoms with Crippen molar-refractivity contribution in [1.82, 2.24) is 0 Å². The van der Waals surface area contributed by atoms with Crippen LogP contribution < -0.4 is 0 Å². The van der Waals surface area contributed by atoms with Crippen LogP contribution in [0.5, 0.6) is 0 Å². The summed E-state index contributed by atoms with van der Waals surface area (Å²) in [6, 6.07) is 6.01. The molecule has 0 aromatic heterocycles. The van der Waals surface area contributed by atoms with E-state index in [0.29, 0.717) is 19.3 Å². The van der Waals surface area contributed by atoms with Gasteiger partial charge in [-0.25, -0.2) is 0 Å². The second kappa shape index (κ2) is 4.92. The lowest BCUT2D eigenvalue weighted by Gasteiger charge is -2.29. The Hall–Kier alpha value is -1.64. The molecule has 1 N–H and O–H groups in total. The topological polar surface area (TPSA) is 54.4 Å². The van der Waals surface area contributed by atoms with Crippen LogP contribution in [0.3, 0.4) is 0 Å². The van der Waals surface area contributed by atoms with E-state index in [4.69, 9.17) is 0 Å². The van der Waals surface area contributed by atoms with Crippen LogP contribution in [0.25, 0.3) is 0 Å². The Morgan fingerprint density at radius 3 is 2.67 bits per heavy atom. The Morgan fingerprint density at radius 1 is 1.33 bits per heavy atom. The van der Waals surface area contributed by atoms with Crippen molar-refractivity contribution < 1.29 is 14.7 Å². The lowest BCUT2D eigenvalue weighted by Crippen LogP contribution is -2.29. The Labute approximate surface area is 107 Å². The molecule has 2 unspecified atom stereocenters. The van der Waals surface area contributed by atoms with Gasteiger partial charge in [-0.3, -0.25) is 9.59 Å². The van der Waals surface area contributed by atoms with Crippen LogP contribution in [0.2, 0.25) is 0 Å². The lowest BCUT2D eigenvalue weighted by molar-refractivity contribution is -0.144. The largest absolute Gasteiger partial charge is 0.481 e. The molecule has 0 heterocycles. The number of hydrogen-bond donors (Lipinski definition) is 1. The summed E-state index contributed by atoms with van der Waals surface area (Å²) in [5.41, 5.74) is 3.26. The van der Waals surface area contributed by atoms with E-state index in [1.807, 2.05) is 32.0 Å². The molecular formula is C15H18O3. The van der Waals surface area contributed by atoms with E-state index in [1.165, 1.54) is 0 Å². The zero-order valence-corrected chi connectivity index (χ0v) is 10.8. The number of carbonyl (C=O) groups excluding carboxylic acids is 1. The van der Waals surface area contributed by atoms with Crippen molar-refractivity contribution in [2.24, 2.45) is 5.92 Å². The quantitative estimate of drug-likeness (QED) is 0.873. The lowest BCUT2D eigenvalue weighted by atomic mass is 9.74. The van der Waals surface area contributed by atoms with Gasteiger partial charge in [0.2, 0.25) is 0 Å². The number of Topliss-reactive ketones (excluding diaryl/α,β-unsaturated/α-hetero) is 1. The highest BCUT2D eigenvalue weighted by Crippen LogP contribution is 2.38. The summed E-state index contributed by atoms with van der Waals surface area (Å²) >= 11 is 0. The number of rotatable bonds is 2. The molecule has 0 spiro atoms. The highest BCUT2D eigenvalue weighted by molar-refractivity contribution is 5.84. The molecule has 0 bridgehead atoms. The van der Waals surface area contributed by atoms with Crippen LogP contribution in [0.15, 0.2) is 18.2 Å². The summed E-state index contributed by atoms with van der Waals surface area (Å²) in [5, 5.41) is 9.29. The van der Waals surface area contributed by atoms with E-state index in [-0.39, 0.29) is 11.7 Å². The number of carbonyl (C=O) groups is 2. The Morgan fingerprint density at radius 2 is 2.06 bits per heavy atom. The molecule has 18 heavy (non-hydrogen) atoms. The molecule has 96 valence electrons. The van der Waals surface area contributed by atoms with Crippen molar-refractivity contribution in [2.45, 2.75) is 39.0 Å². The number of carboxylic acid groups (broad SMARTS) is 1. The third-order valence-corrected chi connectivity index (χ3v) is 3.81. The number of carboxylic acids is 1. The minimum Gasteiger partial charge on any atom is -0.481 e. The fourth-order valence-corrected chi connectivity index (χ4v) is 2.87. The van der Waals surface area contributed by atoms with Crippen molar-refractivity contribution in [3.05, 3.63) is 34.9 Å². The van der Waals surface area contributed by atoms with Gasteiger partial charge >= 0.3 is 5.97 Å². The smallest absolute Gasteiger partial charge is 0.307 e. The molecule has 0 radical (unpaired) electrons. The van der Waals surface area contributed by atoms with E-state index in [9.17, 15) is 14.7 Å². The zero-order chi connectivity index (χ0) is 13.3. The summed E-state index contributed by atoms with van der Waals surface area (Å²) in [6.45, 7) is 4.00. The van der Waals surface area contributed by atoms with Crippen LogP contribution in [-0.4, -0.2) is 16.9 Å². The van der Waals surface area contributed by atoms with Gasteiger partial charge in [0.25, 0.3) is 0 Å². The molecule has 0 aliphatic heterocycles. The van der Waals surface area contributed by atoms with Gasteiger partial charge in [-0.2, -0.15) is 0 Å². The van der Waals surface area contributed by atoms with E-state index in [1.54, 1.807) is 0 Å². The molecule has 1 saturated carbocycles. The van der Waals surface area contributed by atoms with Gasteiger partial charge in [-0.15, -0.1) is 0 Å². The summed E-state index contributed by atoms with van der Waals surface area (Å²) in [5.74, 6) is -1.20. The van der Waals surface area contributed by atoms with Crippen molar-refractivity contribution in [3.63, 3.8) is 0 Å². The number of benzene rings is 1. The van der Waals surface area contributed by atoms with Crippen molar-refractivity contribution in [3.8, 4) is 0 Å². The minimum atomic E-state index is -0.785. The average molecular weight is 246 g/mol. The van der Waals surface area contributed by atoms with E-state index in [0.717, 1.165) is 16.7 Å². The first-order valence-electron chi connectivity index (χ1n) is 6.30. The summed E-state index contributed by atoms with van der Waals surface area (Å²) in [4.78, 5) is 22.9. The third kappa shape index (κ3) is 2.45. The predicted molar refractivity (Wildman–Crippen MR) is 68.6 cm³/mol. The second-order valence-corrected chi connectivity index (χ2v) is 5.19. The summed E-state index contributed by atoms with van der Waals surface area (Å²) < 4.78 is 0.